The minimum absolute atomic E-state index is 0.130. The fourth-order valence-electron chi connectivity index (χ4n) is 3.69. The number of nitrogens with two attached hydrogens (primary N) is 1. The van der Waals surface area contributed by atoms with Crippen LogP contribution >= 0.6 is 0 Å². The molecule has 3 rings (SSSR count). The summed E-state index contributed by atoms with van der Waals surface area (Å²) in [6, 6.07) is 4.00. The number of likely N-dealkylation sites (tertiary alicyclic amines) is 1. The fraction of sp³-hybridized carbons (Fsp3) is 0.562. The van der Waals surface area contributed by atoms with Crippen LogP contribution in [0.1, 0.15) is 48.9 Å². The third-order valence-corrected chi connectivity index (χ3v) is 5.02. The molecule has 1 spiro atoms. The van der Waals surface area contributed by atoms with E-state index in [0.717, 1.165) is 25.9 Å². The Morgan fingerprint density at radius 1 is 1.15 bits per heavy atom. The van der Waals surface area contributed by atoms with Gasteiger partial charge in [-0.2, -0.15) is 0 Å². The molecule has 1 saturated heterocycles. The Bertz CT molecular complexity index is 513. The van der Waals surface area contributed by atoms with E-state index in [4.69, 9.17) is 5.73 Å². The fourth-order valence-corrected chi connectivity index (χ4v) is 3.69. The minimum atomic E-state index is -0.410. The zero-order valence-electron chi connectivity index (χ0n) is 11.7. The topological polar surface area (TPSA) is 46.3 Å². The highest BCUT2D eigenvalue weighted by atomic mass is 19.1. The van der Waals surface area contributed by atoms with Crippen LogP contribution < -0.4 is 5.73 Å². The first-order valence-electron chi connectivity index (χ1n) is 7.44. The lowest BCUT2D eigenvalue weighted by atomic mass is 9.77. The molecule has 1 amide bonds. The summed E-state index contributed by atoms with van der Waals surface area (Å²) in [5, 5.41) is 0. The van der Waals surface area contributed by atoms with Gasteiger partial charge in [-0.15, -0.1) is 0 Å². The molecule has 3 nitrogen and oxygen atoms in total. The highest BCUT2D eigenvalue weighted by Gasteiger charge is 2.38. The molecule has 2 fully saturated rings. The Morgan fingerprint density at radius 2 is 1.80 bits per heavy atom. The summed E-state index contributed by atoms with van der Waals surface area (Å²) in [7, 11) is 0. The van der Waals surface area contributed by atoms with Crippen LogP contribution in [0.25, 0.3) is 0 Å². The van der Waals surface area contributed by atoms with Gasteiger partial charge >= 0.3 is 0 Å². The normalized spacial score (nSPS) is 21.4. The number of carbonyl (C=O) groups is 1. The van der Waals surface area contributed by atoms with Gasteiger partial charge in [-0.1, -0.05) is 12.8 Å². The molecular weight excluding hydrogens is 255 g/mol. The van der Waals surface area contributed by atoms with E-state index in [1.165, 1.54) is 43.9 Å². The maximum Gasteiger partial charge on any atom is 0.256 e. The van der Waals surface area contributed by atoms with E-state index in [1.807, 2.05) is 4.90 Å². The second kappa shape index (κ2) is 5.08. The average molecular weight is 276 g/mol. The van der Waals surface area contributed by atoms with Crippen molar-refractivity contribution in [1.82, 2.24) is 4.90 Å². The minimum Gasteiger partial charge on any atom is -0.398 e. The SMILES string of the molecule is Nc1ccc(F)cc1C(=O)N1CCC2(CCCC2)CC1. The van der Waals surface area contributed by atoms with Crippen LogP contribution in [0.3, 0.4) is 0 Å². The second-order valence-corrected chi connectivity index (χ2v) is 6.23. The number of nitrogen functional groups attached to an aromatic ring is 1. The Hall–Kier alpha value is -1.58. The Morgan fingerprint density at radius 3 is 2.45 bits per heavy atom. The zero-order chi connectivity index (χ0) is 14.2. The van der Waals surface area contributed by atoms with Crippen LogP contribution in [0.4, 0.5) is 10.1 Å². The molecule has 2 N–H and O–H groups in total. The van der Waals surface area contributed by atoms with Gasteiger partial charge in [0, 0.05) is 18.8 Å². The first-order chi connectivity index (χ1) is 9.60. The molecule has 1 aromatic carbocycles. The van der Waals surface area contributed by atoms with Gasteiger partial charge < -0.3 is 10.6 Å². The molecule has 1 saturated carbocycles. The summed E-state index contributed by atoms with van der Waals surface area (Å²) in [4.78, 5) is 14.3. The van der Waals surface area contributed by atoms with Crippen LogP contribution in [0.5, 0.6) is 0 Å². The van der Waals surface area contributed by atoms with E-state index in [2.05, 4.69) is 0 Å². The summed E-state index contributed by atoms with van der Waals surface area (Å²) < 4.78 is 13.3. The van der Waals surface area contributed by atoms with E-state index in [1.54, 1.807) is 0 Å². The second-order valence-electron chi connectivity index (χ2n) is 6.23. The molecule has 0 atom stereocenters. The van der Waals surface area contributed by atoms with Gasteiger partial charge in [0.2, 0.25) is 0 Å². The molecule has 0 bridgehead atoms. The quantitative estimate of drug-likeness (QED) is 0.801. The van der Waals surface area contributed by atoms with Crippen molar-refractivity contribution in [3.05, 3.63) is 29.6 Å². The summed E-state index contributed by atoms with van der Waals surface area (Å²) in [6.45, 7) is 1.55. The largest absolute Gasteiger partial charge is 0.398 e. The summed E-state index contributed by atoms with van der Waals surface area (Å²) in [5.41, 5.74) is 6.93. The summed E-state index contributed by atoms with van der Waals surface area (Å²) in [5.74, 6) is -0.540. The van der Waals surface area contributed by atoms with Crippen molar-refractivity contribution in [3.63, 3.8) is 0 Å². The first-order valence-corrected chi connectivity index (χ1v) is 7.44. The molecule has 1 aliphatic heterocycles. The highest BCUT2D eigenvalue weighted by Crippen LogP contribution is 2.46. The van der Waals surface area contributed by atoms with Crippen molar-refractivity contribution in [1.29, 1.82) is 0 Å². The predicted molar refractivity (Wildman–Crippen MR) is 76.9 cm³/mol. The molecule has 4 heteroatoms. The maximum atomic E-state index is 13.3. The smallest absolute Gasteiger partial charge is 0.256 e. The number of piperidine rings is 1. The van der Waals surface area contributed by atoms with E-state index in [0.29, 0.717) is 16.7 Å². The van der Waals surface area contributed by atoms with Crippen molar-refractivity contribution in [2.24, 2.45) is 5.41 Å². The van der Waals surface area contributed by atoms with Gasteiger partial charge in [0.1, 0.15) is 5.82 Å². The number of benzene rings is 1. The van der Waals surface area contributed by atoms with E-state index < -0.39 is 5.82 Å². The van der Waals surface area contributed by atoms with E-state index in [-0.39, 0.29) is 5.91 Å². The lowest BCUT2D eigenvalue weighted by molar-refractivity contribution is 0.0588. The predicted octanol–water partition coefficient (Wildman–Crippen LogP) is 3.20. The van der Waals surface area contributed by atoms with Crippen LogP contribution in [0.15, 0.2) is 18.2 Å². The number of carbonyl (C=O) groups excluding carboxylic acids is 1. The maximum absolute atomic E-state index is 13.3. The van der Waals surface area contributed by atoms with Crippen molar-refractivity contribution >= 4 is 11.6 Å². The summed E-state index contributed by atoms with van der Waals surface area (Å²) in [6.07, 6.45) is 7.41. The number of hydrogen-bond donors (Lipinski definition) is 1. The first kappa shape index (κ1) is 13.4. The van der Waals surface area contributed by atoms with Gasteiger partial charge in [0.05, 0.1) is 5.56 Å². The van der Waals surface area contributed by atoms with E-state index in [9.17, 15) is 9.18 Å². The molecule has 0 aromatic heterocycles. The number of nitrogens with zero attached hydrogens (tertiary/aromatic N) is 1. The molecule has 1 aliphatic carbocycles. The molecule has 1 aromatic rings. The Balaban J connectivity index is 1.71. The Kier molecular flexibility index (Phi) is 3.40. The molecular formula is C16H21FN2O. The van der Waals surface area contributed by atoms with Crippen LogP contribution in [0.2, 0.25) is 0 Å². The monoisotopic (exact) mass is 276 g/mol. The van der Waals surface area contributed by atoms with Gasteiger partial charge in [-0.25, -0.2) is 4.39 Å². The van der Waals surface area contributed by atoms with Gasteiger partial charge in [-0.05, 0) is 49.3 Å². The third kappa shape index (κ3) is 2.39. The van der Waals surface area contributed by atoms with Crippen molar-refractivity contribution in [3.8, 4) is 0 Å². The average Bonchev–Trinajstić information content (AvgIpc) is 2.90. The number of anilines is 1. The molecule has 20 heavy (non-hydrogen) atoms. The van der Waals surface area contributed by atoms with Crippen molar-refractivity contribution in [2.75, 3.05) is 18.8 Å². The summed E-state index contributed by atoms with van der Waals surface area (Å²) >= 11 is 0. The lowest BCUT2D eigenvalue weighted by Crippen LogP contribution is -2.42. The Labute approximate surface area is 118 Å². The molecule has 2 aliphatic rings. The standard InChI is InChI=1S/C16H21FN2O/c17-12-3-4-14(18)13(11-12)15(20)19-9-7-16(8-10-19)5-1-2-6-16/h3-4,11H,1-2,5-10,18H2. The zero-order valence-corrected chi connectivity index (χ0v) is 11.7. The third-order valence-electron chi connectivity index (χ3n) is 5.02. The van der Waals surface area contributed by atoms with E-state index >= 15 is 0 Å². The molecule has 0 radical (unpaired) electrons. The molecule has 1 heterocycles. The number of rotatable bonds is 1. The van der Waals surface area contributed by atoms with Gasteiger partial charge in [0.15, 0.2) is 0 Å². The van der Waals surface area contributed by atoms with Crippen LogP contribution in [-0.4, -0.2) is 23.9 Å². The van der Waals surface area contributed by atoms with Crippen molar-refractivity contribution < 1.29 is 9.18 Å². The van der Waals surface area contributed by atoms with Crippen LogP contribution in [-0.2, 0) is 0 Å². The highest BCUT2D eigenvalue weighted by molar-refractivity contribution is 5.99. The number of amides is 1. The number of hydrogen-bond acceptors (Lipinski definition) is 2. The van der Waals surface area contributed by atoms with Gasteiger partial charge in [-0.3, -0.25) is 4.79 Å². The van der Waals surface area contributed by atoms with Gasteiger partial charge in [0.25, 0.3) is 5.91 Å². The number of halogens is 1. The molecule has 108 valence electrons. The molecule has 0 unspecified atom stereocenters. The van der Waals surface area contributed by atoms with Crippen molar-refractivity contribution in [2.45, 2.75) is 38.5 Å². The van der Waals surface area contributed by atoms with Crippen LogP contribution in [0, 0.1) is 11.2 Å². The lowest BCUT2D eigenvalue weighted by Gasteiger charge is -2.39.